The predicted molar refractivity (Wildman–Crippen MR) is 80.8 cm³/mol. The van der Waals surface area contributed by atoms with E-state index < -0.39 is 0 Å². The SMILES string of the molecule is COc1cc(-c2nnc(SCC(C)=O)o2)cc(OC)c1OC. The zero-order valence-corrected chi connectivity index (χ0v) is 13.5. The second-order valence-electron chi connectivity index (χ2n) is 4.28. The number of carbonyl (C=O) groups is 1. The molecule has 0 aliphatic rings. The van der Waals surface area contributed by atoms with Gasteiger partial charge in [0, 0.05) is 5.56 Å². The number of thioether (sulfide) groups is 1. The van der Waals surface area contributed by atoms with E-state index in [1.165, 1.54) is 40.0 Å². The number of benzene rings is 1. The Labute approximate surface area is 132 Å². The molecule has 7 nitrogen and oxygen atoms in total. The van der Waals surface area contributed by atoms with E-state index in [1.54, 1.807) is 12.1 Å². The second-order valence-corrected chi connectivity index (χ2v) is 5.20. The van der Waals surface area contributed by atoms with Crippen molar-refractivity contribution in [2.75, 3.05) is 27.1 Å². The smallest absolute Gasteiger partial charge is 0.277 e. The lowest BCUT2D eigenvalue weighted by molar-refractivity contribution is -0.114. The maximum Gasteiger partial charge on any atom is 0.277 e. The van der Waals surface area contributed by atoms with Crippen molar-refractivity contribution in [3.8, 4) is 28.7 Å². The lowest BCUT2D eigenvalue weighted by Crippen LogP contribution is -1.95. The highest BCUT2D eigenvalue weighted by atomic mass is 32.2. The van der Waals surface area contributed by atoms with E-state index in [1.807, 2.05) is 0 Å². The van der Waals surface area contributed by atoms with Crippen LogP contribution < -0.4 is 14.2 Å². The number of ketones is 1. The fourth-order valence-electron chi connectivity index (χ4n) is 1.75. The van der Waals surface area contributed by atoms with Crippen LogP contribution >= 0.6 is 11.8 Å². The van der Waals surface area contributed by atoms with Crippen molar-refractivity contribution in [3.05, 3.63) is 12.1 Å². The molecule has 1 aromatic heterocycles. The minimum absolute atomic E-state index is 0.0394. The van der Waals surface area contributed by atoms with Crippen molar-refractivity contribution in [1.82, 2.24) is 10.2 Å². The molecule has 118 valence electrons. The first-order valence-corrected chi connectivity index (χ1v) is 7.33. The summed E-state index contributed by atoms with van der Waals surface area (Å²) in [6, 6.07) is 3.43. The van der Waals surface area contributed by atoms with Gasteiger partial charge in [-0.2, -0.15) is 0 Å². The van der Waals surface area contributed by atoms with Gasteiger partial charge in [0.05, 0.1) is 27.1 Å². The van der Waals surface area contributed by atoms with Gasteiger partial charge in [-0.25, -0.2) is 0 Å². The highest BCUT2D eigenvalue weighted by Crippen LogP contribution is 2.41. The van der Waals surface area contributed by atoms with E-state index in [0.717, 1.165) is 0 Å². The fraction of sp³-hybridized carbons (Fsp3) is 0.357. The van der Waals surface area contributed by atoms with Gasteiger partial charge in [0.15, 0.2) is 11.5 Å². The van der Waals surface area contributed by atoms with Gasteiger partial charge in [-0.3, -0.25) is 4.79 Å². The number of aromatic nitrogens is 2. The Bertz CT molecular complexity index is 646. The third-order valence-corrected chi connectivity index (χ3v) is 3.68. The quantitative estimate of drug-likeness (QED) is 0.718. The van der Waals surface area contributed by atoms with Crippen LogP contribution in [0.5, 0.6) is 17.2 Å². The average Bonchev–Trinajstić information content (AvgIpc) is 3.00. The molecule has 0 aliphatic carbocycles. The van der Waals surface area contributed by atoms with Crippen LogP contribution in [0.3, 0.4) is 0 Å². The minimum Gasteiger partial charge on any atom is -0.493 e. The van der Waals surface area contributed by atoms with Gasteiger partial charge < -0.3 is 18.6 Å². The normalized spacial score (nSPS) is 10.4. The summed E-state index contributed by atoms with van der Waals surface area (Å²) in [6.07, 6.45) is 0. The van der Waals surface area contributed by atoms with Crippen LogP contribution in [0.4, 0.5) is 0 Å². The first-order chi connectivity index (χ1) is 10.6. The molecule has 0 N–H and O–H groups in total. The largest absolute Gasteiger partial charge is 0.493 e. The van der Waals surface area contributed by atoms with Gasteiger partial charge in [0.1, 0.15) is 5.78 Å². The maximum absolute atomic E-state index is 11.0. The molecular weight excluding hydrogens is 308 g/mol. The van der Waals surface area contributed by atoms with Crippen LogP contribution in [-0.2, 0) is 4.79 Å². The highest BCUT2D eigenvalue weighted by molar-refractivity contribution is 7.99. The standard InChI is InChI=1S/C14H16N2O5S/c1-8(17)7-22-14-16-15-13(21-14)9-5-10(18-2)12(20-4)11(6-9)19-3/h5-6H,7H2,1-4H3. The predicted octanol–water partition coefficient (Wildman–Crippen LogP) is 2.44. The summed E-state index contributed by atoms with van der Waals surface area (Å²) in [4.78, 5) is 11.0. The number of Topliss-reactive ketones (excluding diaryl/α,β-unsaturated/α-hetero) is 1. The van der Waals surface area contributed by atoms with Crippen LogP contribution in [0, 0.1) is 0 Å². The number of ether oxygens (including phenoxy) is 3. The first-order valence-electron chi connectivity index (χ1n) is 6.35. The molecule has 1 aromatic carbocycles. The summed E-state index contributed by atoms with van der Waals surface area (Å²) < 4.78 is 21.4. The molecule has 0 saturated heterocycles. The van der Waals surface area contributed by atoms with Crippen LogP contribution in [-0.4, -0.2) is 43.1 Å². The minimum atomic E-state index is 0.0394. The van der Waals surface area contributed by atoms with Crippen molar-refractivity contribution in [3.63, 3.8) is 0 Å². The Morgan fingerprint density at radius 1 is 1.14 bits per heavy atom. The molecule has 2 aromatic rings. The molecule has 0 amide bonds. The van der Waals surface area contributed by atoms with Crippen LogP contribution in [0.15, 0.2) is 21.8 Å². The molecule has 0 bridgehead atoms. The third kappa shape index (κ3) is 3.51. The molecule has 22 heavy (non-hydrogen) atoms. The van der Waals surface area contributed by atoms with Gasteiger partial charge in [0.25, 0.3) is 5.22 Å². The molecule has 0 aliphatic heterocycles. The molecule has 0 saturated carbocycles. The van der Waals surface area contributed by atoms with Crippen LogP contribution in [0.2, 0.25) is 0 Å². The highest BCUT2D eigenvalue weighted by Gasteiger charge is 2.17. The van der Waals surface area contributed by atoms with E-state index in [-0.39, 0.29) is 11.5 Å². The number of hydrogen-bond acceptors (Lipinski definition) is 8. The average molecular weight is 324 g/mol. The van der Waals surface area contributed by atoms with Gasteiger partial charge in [0.2, 0.25) is 11.6 Å². The van der Waals surface area contributed by atoms with Crippen molar-refractivity contribution in [1.29, 1.82) is 0 Å². The van der Waals surface area contributed by atoms with Crippen molar-refractivity contribution in [2.45, 2.75) is 12.1 Å². The Kier molecular flexibility index (Phi) is 5.26. The topological polar surface area (TPSA) is 83.7 Å². The van der Waals surface area contributed by atoms with E-state index in [2.05, 4.69) is 10.2 Å². The Morgan fingerprint density at radius 2 is 1.77 bits per heavy atom. The Morgan fingerprint density at radius 3 is 2.27 bits per heavy atom. The molecular formula is C14H16N2O5S. The first kappa shape index (κ1) is 16.2. The van der Waals surface area contributed by atoms with Gasteiger partial charge in [-0.15, -0.1) is 10.2 Å². The lowest BCUT2D eigenvalue weighted by atomic mass is 10.2. The summed E-state index contributed by atoms with van der Waals surface area (Å²) in [7, 11) is 4.59. The third-order valence-electron chi connectivity index (χ3n) is 2.72. The zero-order valence-electron chi connectivity index (χ0n) is 12.7. The van der Waals surface area contributed by atoms with E-state index in [0.29, 0.717) is 33.9 Å². The van der Waals surface area contributed by atoms with E-state index >= 15 is 0 Å². The molecule has 0 spiro atoms. The molecule has 0 atom stereocenters. The van der Waals surface area contributed by atoms with Crippen LogP contribution in [0.1, 0.15) is 6.92 Å². The number of rotatable bonds is 7. The molecule has 8 heteroatoms. The van der Waals surface area contributed by atoms with Crippen molar-refractivity contribution in [2.24, 2.45) is 0 Å². The van der Waals surface area contributed by atoms with Gasteiger partial charge in [-0.05, 0) is 19.1 Å². The summed E-state index contributed by atoms with van der Waals surface area (Å²) in [5.41, 5.74) is 0.636. The van der Waals surface area contributed by atoms with Crippen molar-refractivity contribution >= 4 is 17.5 Å². The number of nitrogens with zero attached hydrogens (tertiary/aromatic N) is 2. The molecule has 0 fully saturated rings. The van der Waals surface area contributed by atoms with Gasteiger partial charge >= 0.3 is 0 Å². The molecule has 2 rings (SSSR count). The monoisotopic (exact) mass is 324 g/mol. The molecule has 0 radical (unpaired) electrons. The number of hydrogen-bond donors (Lipinski definition) is 0. The summed E-state index contributed by atoms with van der Waals surface area (Å²) in [5, 5.41) is 8.20. The Balaban J connectivity index is 2.34. The molecule has 1 heterocycles. The van der Waals surface area contributed by atoms with Crippen molar-refractivity contribution < 1.29 is 23.4 Å². The van der Waals surface area contributed by atoms with Crippen LogP contribution in [0.25, 0.3) is 11.5 Å². The fourth-order valence-corrected chi connectivity index (χ4v) is 2.32. The number of carbonyl (C=O) groups excluding carboxylic acids is 1. The zero-order chi connectivity index (χ0) is 16.1. The van der Waals surface area contributed by atoms with E-state index in [9.17, 15) is 4.79 Å². The van der Waals surface area contributed by atoms with E-state index in [4.69, 9.17) is 18.6 Å². The summed E-state index contributed by atoms with van der Waals surface area (Å²) in [5.74, 6) is 2.11. The second kappa shape index (κ2) is 7.17. The molecule has 0 unspecified atom stereocenters. The maximum atomic E-state index is 11.0. The summed E-state index contributed by atoms with van der Waals surface area (Å²) >= 11 is 1.19. The number of methoxy groups -OCH3 is 3. The Hall–Kier alpha value is -2.22. The summed E-state index contributed by atoms with van der Waals surface area (Å²) in [6.45, 7) is 1.50. The lowest BCUT2D eigenvalue weighted by Gasteiger charge is -2.12. The van der Waals surface area contributed by atoms with Gasteiger partial charge in [-0.1, -0.05) is 11.8 Å².